The van der Waals surface area contributed by atoms with E-state index in [9.17, 15) is 0 Å². The lowest BCUT2D eigenvalue weighted by Crippen LogP contribution is -2.35. The molecule has 0 spiro atoms. The van der Waals surface area contributed by atoms with Crippen LogP contribution in [0.4, 0.5) is 0 Å². The van der Waals surface area contributed by atoms with Crippen molar-refractivity contribution in [3.8, 4) is 0 Å². The average molecular weight is 655 g/mol. The van der Waals surface area contributed by atoms with Crippen LogP contribution in [0.3, 0.4) is 0 Å². The molecule has 268 valence electrons. The van der Waals surface area contributed by atoms with E-state index in [4.69, 9.17) is 4.98 Å². The Hall–Kier alpha value is -2.35. The summed E-state index contributed by atoms with van der Waals surface area (Å²) in [6.45, 7) is 8.23. The maximum absolute atomic E-state index is 5.14. The zero-order valence-electron chi connectivity index (χ0n) is 31.8. The zero-order chi connectivity index (χ0) is 34.0. The van der Waals surface area contributed by atoms with Crippen molar-refractivity contribution in [3.05, 3.63) is 90.0 Å². The molecule has 0 N–H and O–H groups in total. The summed E-state index contributed by atoms with van der Waals surface area (Å²) in [4.78, 5) is 5.14. The summed E-state index contributed by atoms with van der Waals surface area (Å²) in [5.41, 5.74) is 2.84. The largest absolute Gasteiger partial charge is 0.335 e. The van der Waals surface area contributed by atoms with E-state index in [0.29, 0.717) is 5.92 Å². The Balaban J connectivity index is 1.48. The predicted octanol–water partition coefficient (Wildman–Crippen LogP) is 14.6. The van der Waals surface area contributed by atoms with Crippen LogP contribution in [-0.4, -0.2) is 9.55 Å². The highest BCUT2D eigenvalue weighted by atomic mass is 15.1. The lowest BCUT2D eigenvalue weighted by Gasteiger charge is -2.39. The van der Waals surface area contributed by atoms with Gasteiger partial charge in [0.15, 0.2) is 0 Å². The molecule has 0 fully saturated rings. The molecule has 0 aliphatic rings. The third kappa shape index (κ3) is 15.5. The first-order valence-corrected chi connectivity index (χ1v) is 20.8. The molecule has 0 aliphatic carbocycles. The second-order valence-corrected chi connectivity index (χ2v) is 15.2. The number of aryl methyl sites for hydroxylation is 1. The molecule has 0 amide bonds. The van der Waals surface area contributed by atoms with Gasteiger partial charge in [-0.2, -0.15) is 0 Å². The van der Waals surface area contributed by atoms with Gasteiger partial charge >= 0.3 is 0 Å². The van der Waals surface area contributed by atoms with E-state index in [1.54, 1.807) is 0 Å². The van der Waals surface area contributed by atoms with Gasteiger partial charge in [0.2, 0.25) is 0 Å². The first-order valence-electron chi connectivity index (χ1n) is 20.8. The number of rotatable bonds is 30. The number of benzene rings is 2. The molecule has 2 aromatic carbocycles. The van der Waals surface area contributed by atoms with Gasteiger partial charge in [-0.15, -0.1) is 0 Å². The molecule has 1 aromatic heterocycles. The summed E-state index contributed by atoms with van der Waals surface area (Å²) >= 11 is 0. The fraction of sp³-hybridized carbons (Fsp3) is 0.674. The number of unbranched alkanes of at least 4 members (excludes halogenated alkanes) is 21. The van der Waals surface area contributed by atoms with Gasteiger partial charge in [-0.3, -0.25) is 0 Å². The van der Waals surface area contributed by atoms with Crippen LogP contribution in [-0.2, 0) is 18.4 Å². The smallest absolute Gasteiger partial charge is 0.112 e. The van der Waals surface area contributed by atoms with Crippen molar-refractivity contribution in [1.82, 2.24) is 9.55 Å². The third-order valence-electron chi connectivity index (χ3n) is 11.0. The molecule has 0 aliphatic heterocycles. The molecule has 48 heavy (non-hydrogen) atoms. The second-order valence-electron chi connectivity index (χ2n) is 15.2. The van der Waals surface area contributed by atoms with Gasteiger partial charge in [-0.05, 0) is 30.4 Å². The van der Waals surface area contributed by atoms with E-state index >= 15 is 0 Å². The van der Waals surface area contributed by atoms with Gasteiger partial charge < -0.3 is 4.57 Å². The highest BCUT2D eigenvalue weighted by molar-refractivity contribution is 5.33. The first kappa shape index (κ1) is 40.1. The molecule has 2 heteroatoms. The molecule has 0 radical (unpaired) electrons. The Bertz CT molecular complexity index is 1140. The maximum Gasteiger partial charge on any atom is 0.112 e. The number of aromatic nitrogens is 2. The van der Waals surface area contributed by atoms with Crippen molar-refractivity contribution in [3.63, 3.8) is 0 Å². The highest BCUT2D eigenvalue weighted by Gasteiger charge is 2.39. The fourth-order valence-corrected chi connectivity index (χ4v) is 7.95. The molecule has 3 aromatic rings. The summed E-state index contributed by atoms with van der Waals surface area (Å²) in [7, 11) is 0. The molecule has 2 unspecified atom stereocenters. The van der Waals surface area contributed by atoms with Gasteiger partial charge in [0, 0.05) is 30.3 Å². The quantitative estimate of drug-likeness (QED) is 0.0654. The maximum atomic E-state index is 5.14. The highest BCUT2D eigenvalue weighted by Crippen LogP contribution is 2.44. The molecule has 2 atom stereocenters. The SMILES string of the molecule is CCCCCCCCCCCCCCCCCCCn1ccnc1C(CCCCCCCC)C(C)(Cc1ccccc1)c1ccccc1. The predicted molar refractivity (Wildman–Crippen MR) is 211 cm³/mol. The number of hydrogen-bond acceptors (Lipinski definition) is 1. The van der Waals surface area contributed by atoms with E-state index in [1.165, 1.54) is 171 Å². The minimum absolute atomic E-state index is 0.0244. The zero-order valence-corrected chi connectivity index (χ0v) is 31.8. The number of hydrogen-bond donors (Lipinski definition) is 0. The summed E-state index contributed by atoms with van der Waals surface area (Å²) < 4.78 is 2.53. The molecule has 0 saturated heterocycles. The van der Waals surface area contributed by atoms with Crippen molar-refractivity contribution < 1.29 is 0 Å². The molecule has 2 nitrogen and oxygen atoms in total. The van der Waals surface area contributed by atoms with Crippen molar-refractivity contribution in [2.24, 2.45) is 0 Å². The van der Waals surface area contributed by atoms with E-state index in [-0.39, 0.29) is 5.41 Å². The summed E-state index contributed by atoms with van der Waals surface area (Å²) in [6, 6.07) is 22.5. The van der Waals surface area contributed by atoms with E-state index in [2.05, 4.69) is 98.4 Å². The van der Waals surface area contributed by atoms with Crippen LogP contribution in [0.15, 0.2) is 73.1 Å². The monoisotopic (exact) mass is 655 g/mol. The second kappa shape index (κ2) is 25.6. The third-order valence-corrected chi connectivity index (χ3v) is 11.0. The first-order chi connectivity index (χ1) is 23.7. The molecule has 0 saturated carbocycles. The average Bonchev–Trinajstić information content (AvgIpc) is 3.58. The van der Waals surface area contributed by atoms with Crippen LogP contribution in [0, 0.1) is 0 Å². The van der Waals surface area contributed by atoms with Gasteiger partial charge in [0.25, 0.3) is 0 Å². The lowest BCUT2D eigenvalue weighted by molar-refractivity contribution is 0.321. The normalized spacial score (nSPS) is 13.5. The molecular formula is C46H74N2. The Morgan fingerprint density at radius 1 is 0.542 bits per heavy atom. The van der Waals surface area contributed by atoms with E-state index in [0.717, 1.165) is 13.0 Å². The Kier molecular flexibility index (Phi) is 21.4. The fourth-order valence-electron chi connectivity index (χ4n) is 7.95. The molecule has 3 rings (SSSR count). The minimum Gasteiger partial charge on any atom is -0.335 e. The Labute approximate surface area is 297 Å². The van der Waals surface area contributed by atoms with Gasteiger partial charge in [0.05, 0.1) is 0 Å². The van der Waals surface area contributed by atoms with E-state index < -0.39 is 0 Å². The summed E-state index contributed by atoms with van der Waals surface area (Å²) in [5, 5.41) is 0. The molecular weight excluding hydrogens is 581 g/mol. The molecule has 1 heterocycles. The van der Waals surface area contributed by atoms with Crippen molar-refractivity contribution in [2.45, 2.75) is 199 Å². The lowest BCUT2D eigenvalue weighted by atomic mass is 9.66. The minimum atomic E-state index is -0.0244. The van der Waals surface area contributed by atoms with Crippen molar-refractivity contribution in [1.29, 1.82) is 0 Å². The van der Waals surface area contributed by atoms with Gasteiger partial charge in [-0.25, -0.2) is 4.98 Å². The van der Waals surface area contributed by atoms with Crippen LogP contribution in [0.5, 0.6) is 0 Å². The summed E-state index contributed by atoms with van der Waals surface area (Å²) in [6.07, 6.45) is 38.7. The van der Waals surface area contributed by atoms with Crippen LogP contribution < -0.4 is 0 Å². The van der Waals surface area contributed by atoms with Crippen LogP contribution >= 0.6 is 0 Å². The van der Waals surface area contributed by atoms with Crippen LogP contribution in [0.25, 0.3) is 0 Å². The Morgan fingerprint density at radius 3 is 1.48 bits per heavy atom. The summed E-state index contributed by atoms with van der Waals surface area (Å²) in [5.74, 6) is 1.69. The number of imidazole rings is 1. The van der Waals surface area contributed by atoms with Gasteiger partial charge in [-0.1, -0.05) is 223 Å². The van der Waals surface area contributed by atoms with Crippen LogP contribution in [0.1, 0.15) is 198 Å². The topological polar surface area (TPSA) is 17.8 Å². The van der Waals surface area contributed by atoms with Crippen molar-refractivity contribution in [2.75, 3.05) is 0 Å². The van der Waals surface area contributed by atoms with E-state index in [1.807, 2.05) is 0 Å². The van der Waals surface area contributed by atoms with Crippen LogP contribution in [0.2, 0.25) is 0 Å². The van der Waals surface area contributed by atoms with Crippen molar-refractivity contribution >= 4 is 0 Å². The van der Waals surface area contributed by atoms with Gasteiger partial charge in [0.1, 0.15) is 5.82 Å². The molecule has 0 bridgehead atoms. The standard InChI is InChI=1S/C46H74N2/c1-4-6-8-10-12-13-14-15-16-17-18-19-20-21-22-24-32-39-48-40-38-47-45(48)44(37-31-23-11-9-7-5-2)46(3,43-35-29-26-30-36-43)41-42-33-27-25-28-34-42/h25-30,33-36,38,40,44H,4-24,31-32,37,39,41H2,1-3H3. The number of nitrogens with zero attached hydrogens (tertiary/aromatic N) is 2. The Morgan fingerprint density at radius 2 is 0.979 bits per heavy atom.